The summed E-state index contributed by atoms with van der Waals surface area (Å²) in [5.74, 6) is 0. The van der Waals surface area contributed by atoms with Gasteiger partial charge in [0.05, 0.1) is 6.04 Å². The molecule has 0 radical (unpaired) electrons. The molecule has 1 heterocycles. The maximum Gasteiger partial charge on any atom is 0.0647 e. The third kappa shape index (κ3) is 2.21. The van der Waals surface area contributed by atoms with Crippen molar-refractivity contribution in [3.05, 3.63) is 59.9 Å². The molecule has 1 atom stereocenters. The van der Waals surface area contributed by atoms with Gasteiger partial charge in [0.2, 0.25) is 0 Å². The summed E-state index contributed by atoms with van der Waals surface area (Å²) in [6.45, 7) is 4.31. The molecule has 1 aromatic carbocycles. The van der Waals surface area contributed by atoms with Gasteiger partial charge in [-0.2, -0.15) is 0 Å². The molecule has 1 aromatic heterocycles. The molecule has 1 N–H and O–H groups in total. The first-order chi connectivity index (χ1) is 7.27. The van der Waals surface area contributed by atoms with Crippen LogP contribution in [0.5, 0.6) is 0 Å². The molecule has 2 nitrogen and oxygen atoms in total. The molecule has 2 rings (SSSR count). The molecule has 2 heteroatoms. The lowest BCUT2D eigenvalue weighted by molar-refractivity contribution is 0.724. The van der Waals surface area contributed by atoms with Gasteiger partial charge in [0.1, 0.15) is 0 Å². The third-order valence-corrected chi connectivity index (χ3v) is 2.60. The summed E-state index contributed by atoms with van der Waals surface area (Å²) >= 11 is 0. The summed E-state index contributed by atoms with van der Waals surface area (Å²) in [5, 5.41) is 0. The first kappa shape index (κ1) is 9.84. The summed E-state index contributed by atoms with van der Waals surface area (Å²) in [6.07, 6.45) is 4.02. The summed E-state index contributed by atoms with van der Waals surface area (Å²) in [4.78, 5) is 0. The minimum atomic E-state index is 0.318. The number of hydrogen-bond acceptors (Lipinski definition) is 1. The van der Waals surface area contributed by atoms with E-state index in [0.717, 1.165) is 0 Å². The van der Waals surface area contributed by atoms with Crippen LogP contribution in [-0.2, 0) is 0 Å². The Balaban J connectivity index is 2.15. The number of hydrogen-bond donors (Lipinski definition) is 1. The molecule has 0 spiro atoms. The van der Waals surface area contributed by atoms with Gasteiger partial charge in [-0.3, -0.25) is 4.68 Å². The van der Waals surface area contributed by atoms with E-state index in [4.69, 9.17) is 0 Å². The normalized spacial score (nSPS) is 12.4. The lowest BCUT2D eigenvalue weighted by Crippen LogP contribution is -2.17. The topological polar surface area (TPSA) is 17.0 Å². The van der Waals surface area contributed by atoms with Crippen molar-refractivity contribution in [3.63, 3.8) is 0 Å². The monoisotopic (exact) mass is 200 g/mol. The Hall–Kier alpha value is -1.70. The average Bonchev–Trinajstić information content (AvgIpc) is 2.71. The van der Waals surface area contributed by atoms with Gasteiger partial charge in [0, 0.05) is 12.4 Å². The van der Waals surface area contributed by atoms with Crippen LogP contribution in [0, 0.1) is 6.92 Å². The molecule has 0 amide bonds. The Morgan fingerprint density at radius 3 is 2.40 bits per heavy atom. The Morgan fingerprint density at radius 1 is 1.07 bits per heavy atom. The van der Waals surface area contributed by atoms with E-state index >= 15 is 0 Å². The average molecular weight is 200 g/mol. The number of aromatic nitrogens is 1. The number of aryl methyl sites for hydroxylation is 1. The molecular weight excluding hydrogens is 184 g/mol. The SMILES string of the molecule is Cc1ccccc1C(C)Nn1cccc1. The lowest BCUT2D eigenvalue weighted by Gasteiger charge is -2.18. The second-order valence-corrected chi connectivity index (χ2v) is 3.80. The maximum atomic E-state index is 3.40. The molecule has 0 saturated carbocycles. The number of nitrogens with one attached hydrogen (secondary N) is 1. The van der Waals surface area contributed by atoms with Gasteiger partial charge in [0.25, 0.3) is 0 Å². The zero-order valence-corrected chi connectivity index (χ0v) is 9.14. The van der Waals surface area contributed by atoms with Crippen LogP contribution >= 0.6 is 0 Å². The van der Waals surface area contributed by atoms with E-state index in [9.17, 15) is 0 Å². The van der Waals surface area contributed by atoms with Gasteiger partial charge < -0.3 is 5.43 Å². The summed E-state index contributed by atoms with van der Waals surface area (Å²) in [6, 6.07) is 12.8. The highest BCUT2D eigenvalue weighted by molar-refractivity contribution is 5.29. The van der Waals surface area contributed by atoms with Crippen LogP contribution in [0.4, 0.5) is 0 Å². The van der Waals surface area contributed by atoms with Gasteiger partial charge in [-0.1, -0.05) is 24.3 Å². The largest absolute Gasteiger partial charge is 0.319 e. The fourth-order valence-corrected chi connectivity index (χ4v) is 1.79. The summed E-state index contributed by atoms with van der Waals surface area (Å²) < 4.78 is 1.98. The Morgan fingerprint density at radius 2 is 1.73 bits per heavy atom. The van der Waals surface area contributed by atoms with E-state index in [2.05, 4.69) is 43.5 Å². The fourth-order valence-electron chi connectivity index (χ4n) is 1.79. The highest BCUT2D eigenvalue weighted by Crippen LogP contribution is 2.17. The van der Waals surface area contributed by atoms with Crippen LogP contribution in [-0.4, -0.2) is 4.68 Å². The van der Waals surface area contributed by atoms with Crippen LogP contribution < -0.4 is 5.43 Å². The first-order valence-electron chi connectivity index (χ1n) is 5.22. The van der Waals surface area contributed by atoms with Gasteiger partial charge in [-0.15, -0.1) is 0 Å². The highest BCUT2D eigenvalue weighted by atomic mass is 15.4. The van der Waals surface area contributed by atoms with Crippen molar-refractivity contribution < 1.29 is 0 Å². The first-order valence-corrected chi connectivity index (χ1v) is 5.22. The number of rotatable bonds is 3. The molecule has 0 aliphatic heterocycles. The number of nitrogens with zero attached hydrogens (tertiary/aromatic N) is 1. The van der Waals surface area contributed by atoms with Crippen LogP contribution in [0.1, 0.15) is 24.1 Å². The Labute approximate surface area is 90.5 Å². The molecule has 0 aliphatic rings. The summed E-state index contributed by atoms with van der Waals surface area (Å²) in [7, 11) is 0. The van der Waals surface area contributed by atoms with E-state index in [-0.39, 0.29) is 0 Å². The van der Waals surface area contributed by atoms with E-state index in [0.29, 0.717) is 6.04 Å². The Bertz CT molecular complexity index is 418. The van der Waals surface area contributed by atoms with Crippen molar-refractivity contribution >= 4 is 0 Å². The molecule has 0 saturated heterocycles. The van der Waals surface area contributed by atoms with Crippen molar-refractivity contribution in [2.45, 2.75) is 19.9 Å². The minimum Gasteiger partial charge on any atom is -0.319 e. The zero-order valence-electron chi connectivity index (χ0n) is 9.14. The van der Waals surface area contributed by atoms with Gasteiger partial charge in [-0.05, 0) is 37.1 Å². The van der Waals surface area contributed by atoms with Gasteiger partial charge in [0.15, 0.2) is 0 Å². The van der Waals surface area contributed by atoms with Crippen molar-refractivity contribution in [1.82, 2.24) is 4.68 Å². The molecular formula is C13H16N2. The van der Waals surface area contributed by atoms with E-state index in [1.807, 2.05) is 29.2 Å². The second-order valence-electron chi connectivity index (χ2n) is 3.80. The molecule has 0 aliphatic carbocycles. The smallest absolute Gasteiger partial charge is 0.0647 e. The molecule has 0 bridgehead atoms. The molecule has 15 heavy (non-hydrogen) atoms. The number of benzene rings is 1. The zero-order chi connectivity index (χ0) is 10.7. The van der Waals surface area contributed by atoms with Crippen LogP contribution in [0.3, 0.4) is 0 Å². The van der Waals surface area contributed by atoms with Crippen molar-refractivity contribution in [1.29, 1.82) is 0 Å². The maximum absolute atomic E-state index is 3.40. The lowest BCUT2D eigenvalue weighted by atomic mass is 10.0. The van der Waals surface area contributed by atoms with Crippen LogP contribution in [0.25, 0.3) is 0 Å². The second kappa shape index (κ2) is 4.22. The van der Waals surface area contributed by atoms with E-state index in [1.54, 1.807) is 0 Å². The highest BCUT2D eigenvalue weighted by Gasteiger charge is 2.06. The van der Waals surface area contributed by atoms with Crippen molar-refractivity contribution in [2.75, 3.05) is 5.43 Å². The predicted octanol–water partition coefficient (Wildman–Crippen LogP) is 3.10. The van der Waals surface area contributed by atoms with Gasteiger partial charge >= 0.3 is 0 Å². The van der Waals surface area contributed by atoms with Crippen molar-refractivity contribution in [2.24, 2.45) is 0 Å². The summed E-state index contributed by atoms with van der Waals surface area (Å²) in [5.41, 5.74) is 6.06. The molecule has 2 aromatic rings. The molecule has 0 fully saturated rings. The van der Waals surface area contributed by atoms with Crippen molar-refractivity contribution in [3.8, 4) is 0 Å². The van der Waals surface area contributed by atoms with Gasteiger partial charge in [-0.25, -0.2) is 0 Å². The Kier molecular flexibility index (Phi) is 2.77. The standard InChI is InChI=1S/C13H16N2/c1-11-7-3-4-8-13(11)12(2)14-15-9-5-6-10-15/h3-10,12,14H,1-2H3. The quantitative estimate of drug-likeness (QED) is 0.805. The van der Waals surface area contributed by atoms with E-state index in [1.165, 1.54) is 11.1 Å². The van der Waals surface area contributed by atoms with E-state index < -0.39 is 0 Å². The van der Waals surface area contributed by atoms with Crippen LogP contribution in [0.15, 0.2) is 48.8 Å². The third-order valence-electron chi connectivity index (χ3n) is 2.60. The predicted molar refractivity (Wildman–Crippen MR) is 63.4 cm³/mol. The van der Waals surface area contributed by atoms with Crippen LogP contribution in [0.2, 0.25) is 0 Å². The molecule has 78 valence electrons. The minimum absolute atomic E-state index is 0.318. The fraction of sp³-hybridized carbons (Fsp3) is 0.231. The molecule has 1 unspecified atom stereocenters.